The number of hydrogen-bond donors (Lipinski definition) is 2. The molecule has 1 atom stereocenters. The summed E-state index contributed by atoms with van der Waals surface area (Å²) in [6.45, 7) is 1.50. The van der Waals surface area contributed by atoms with Crippen molar-refractivity contribution in [2.45, 2.75) is 12.5 Å². The molecule has 94 valence electrons. The molecule has 0 fully saturated rings. The van der Waals surface area contributed by atoms with Crippen molar-refractivity contribution in [3.05, 3.63) is 57.5 Å². The van der Waals surface area contributed by atoms with Gasteiger partial charge in [-0.25, -0.2) is 9.18 Å². The van der Waals surface area contributed by atoms with Crippen LogP contribution >= 0.6 is 11.3 Å². The zero-order chi connectivity index (χ0) is 13.3. The Balaban J connectivity index is 2.50. The maximum absolute atomic E-state index is 12.9. The molecular formula is C13H11FO3S. The highest BCUT2D eigenvalue weighted by Gasteiger charge is 2.31. The van der Waals surface area contributed by atoms with Crippen LogP contribution in [-0.4, -0.2) is 16.2 Å². The van der Waals surface area contributed by atoms with Crippen molar-refractivity contribution in [3.8, 4) is 0 Å². The Bertz CT molecular complexity index is 572. The monoisotopic (exact) mass is 266 g/mol. The maximum Gasteiger partial charge on any atom is 0.336 e. The summed E-state index contributed by atoms with van der Waals surface area (Å²) in [5.74, 6) is -1.49. The minimum atomic E-state index is -1.45. The lowest BCUT2D eigenvalue weighted by atomic mass is 9.92. The Kier molecular flexibility index (Phi) is 3.19. The largest absolute Gasteiger partial charge is 0.478 e. The van der Waals surface area contributed by atoms with Crippen LogP contribution in [-0.2, 0) is 5.60 Å². The molecule has 0 saturated heterocycles. The number of carboxylic acid groups (broad SMARTS) is 1. The molecule has 0 aliphatic carbocycles. The molecule has 0 bridgehead atoms. The molecule has 0 aliphatic rings. The SMILES string of the molecule is CC(O)(c1ccc(F)cc1)c1sccc1C(=O)O. The van der Waals surface area contributed by atoms with E-state index in [0.29, 0.717) is 10.4 Å². The Morgan fingerprint density at radius 1 is 1.28 bits per heavy atom. The van der Waals surface area contributed by atoms with Gasteiger partial charge >= 0.3 is 5.97 Å². The van der Waals surface area contributed by atoms with E-state index in [1.807, 2.05) is 0 Å². The van der Waals surface area contributed by atoms with Crippen LogP contribution in [0.5, 0.6) is 0 Å². The summed E-state index contributed by atoms with van der Waals surface area (Å²) < 4.78 is 12.9. The van der Waals surface area contributed by atoms with E-state index in [2.05, 4.69) is 0 Å². The van der Waals surface area contributed by atoms with Gasteiger partial charge in [-0.3, -0.25) is 0 Å². The molecule has 2 rings (SSSR count). The molecule has 2 N–H and O–H groups in total. The molecule has 3 nitrogen and oxygen atoms in total. The zero-order valence-corrected chi connectivity index (χ0v) is 10.4. The van der Waals surface area contributed by atoms with E-state index in [1.54, 1.807) is 5.38 Å². The highest BCUT2D eigenvalue weighted by Crippen LogP contribution is 2.35. The fourth-order valence-corrected chi connectivity index (χ4v) is 2.73. The number of benzene rings is 1. The number of carboxylic acids is 1. The summed E-state index contributed by atoms with van der Waals surface area (Å²) in [4.78, 5) is 11.4. The fraction of sp³-hybridized carbons (Fsp3) is 0.154. The van der Waals surface area contributed by atoms with Gasteiger partial charge in [0.2, 0.25) is 0 Å². The Morgan fingerprint density at radius 2 is 1.89 bits per heavy atom. The van der Waals surface area contributed by atoms with Crippen molar-refractivity contribution < 1.29 is 19.4 Å². The van der Waals surface area contributed by atoms with Crippen LogP contribution in [0.4, 0.5) is 4.39 Å². The standard InChI is InChI=1S/C13H11FO3S/c1-13(17,8-2-4-9(14)5-3-8)11-10(12(15)16)6-7-18-11/h2-7,17H,1H3,(H,15,16). The van der Waals surface area contributed by atoms with Crippen molar-refractivity contribution in [2.24, 2.45) is 0 Å². The average Bonchev–Trinajstić information content (AvgIpc) is 2.79. The molecule has 0 amide bonds. The van der Waals surface area contributed by atoms with Gasteiger partial charge in [0.05, 0.1) is 10.4 Å². The minimum absolute atomic E-state index is 0.0642. The second-order valence-electron chi connectivity index (χ2n) is 4.05. The van der Waals surface area contributed by atoms with E-state index in [4.69, 9.17) is 5.11 Å². The van der Waals surface area contributed by atoms with E-state index in [0.717, 1.165) is 11.3 Å². The second kappa shape index (κ2) is 4.51. The van der Waals surface area contributed by atoms with E-state index in [-0.39, 0.29) is 5.56 Å². The van der Waals surface area contributed by atoms with Crippen molar-refractivity contribution >= 4 is 17.3 Å². The molecule has 1 aromatic carbocycles. The molecule has 0 radical (unpaired) electrons. The van der Waals surface area contributed by atoms with Crippen LogP contribution in [0.3, 0.4) is 0 Å². The number of thiophene rings is 1. The van der Waals surface area contributed by atoms with Gasteiger partial charge in [-0.1, -0.05) is 12.1 Å². The third-order valence-corrected chi connectivity index (χ3v) is 3.87. The van der Waals surface area contributed by atoms with E-state index < -0.39 is 17.4 Å². The van der Waals surface area contributed by atoms with Gasteiger partial charge in [-0.05, 0) is 36.1 Å². The Hall–Kier alpha value is -1.72. The normalized spacial score (nSPS) is 14.2. The summed E-state index contributed by atoms with van der Waals surface area (Å²) in [7, 11) is 0. The summed E-state index contributed by atoms with van der Waals surface area (Å²) >= 11 is 1.16. The van der Waals surface area contributed by atoms with Gasteiger partial charge in [-0.2, -0.15) is 0 Å². The van der Waals surface area contributed by atoms with E-state index in [9.17, 15) is 14.3 Å². The molecule has 1 aromatic heterocycles. The highest BCUT2D eigenvalue weighted by atomic mass is 32.1. The number of carbonyl (C=O) groups is 1. The number of hydrogen-bond acceptors (Lipinski definition) is 3. The van der Waals surface area contributed by atoms with Gasteiger partial charge in [-0.15, -0.1) is 11.3 Å². The quantitative estimate of drug-likeness (QED) is 0.898. The van der Waals surface area contributed by atoms with Gasteiger partial charge in [0.15, 0.2) is 0 Å². The topological polar surface area (TPSA) is 57.5 Å². The van der Waals surface area contributed by atoms with Crippen LogP contribution in [0.2, 0.25) is 0 Å². The summed E-state index contributed by atoms with van der Waals surface area (Å²) in [5, 5.41) is 21.1. The molecule has 2 aromatic rings. The number of aromatic carboxylic acids is 1. The molecule has 0 saturated carbocycles. The molecular weight excluding hydrogens is 255 g/mol. The molecule has 0 spiro atoms. The second-order valence-corrected chi connectivity index (χ2v) is 4.96. The lowest BCUT2D eigenvalue weighted by Gasteiger charge is -2.23. The number of halogens is 1. The number of rotatable bonds is 3. The molecule has 1 heterocycles. The van der Waals surface area contributed by atoms with Crippen molar-refractivity contribution in [2.75, 3.05) is 0 Å². The first-order chi connectivity index (χ1) is 8.43. The van der Waals surface area contributed by atoms with Gasteiger partial charge in [0.1, 0.15) is 11.4 Å². The first-order valence-electron chi connectivity index (χ1n) is 5.22. The Morgan fingerprint density at radius 3 is 2.44 bits per heavy atom. The van der Waals surface area contributed by atoms with Crippen molar-refractivity contribution in [1.82, 2.24) is 0 Å². The fourth-order valence-electron chi connectivity index (χ4n) is 1.76. The van der Waals surface area contributed by atoms with E-state index in [1.165, 1.54) is 37.3 Å². The number of aliphatic hydroxyl groups is 1. The Labute approximate surface area is 107 Å². The maximum atomic E-state index is 12.9. The first-order valence-corrected chi connectivity index (χ1v) is 6.10. The molecule has 1 unspecified atom stereocenters. The van der Waals surface area contributed by atoms with Gasteiger partial charge in [0.25, 0.3) is 0 Å². The molecule has 18 heavy (non-hydrogen) atoms. The zero-order valence-electron chi connectivity index (χ0n) is 9.55. The van der Waals surface area contributed by atoms with Crippen LogP contribution < -0.4 is 0 Å². The third kappa shape index (κ3) is 2.14. The lowest BCUT2D eigenvalue weighted by Crippen LogP contribution is -2.23. The van der Waals surface area contributed by atoms with Crippen LogP contribution in [0, 0.1) is 5.82 Å². The first kappa shape index (κ1) is 12.7. The van der Waals surface area contributed by atoms with Crippen LogP contribution in [0.25, 0.3) is 0 Å². The van der Waals surface area contributed by atoms with E-state index >= 15 is 0 Å². The average molecular weight is 266 g/mol. The van der Waals surface area contributed by atoms with Gasteiger partial charge < -0.3 is 10.2 Å². The predicted octanol–water partition coefficient (Wildman–Crippen LogP) is 2.84. The summed E-state index contributed by atoms with van der Waals surface area (Å²) in [5.41, 5.74) is -0.932. The smallest absolute Gasteiger partial charge is 0.336 e. The summed E-state index contributed by atoms with van der Waals surface area (Å²) in [6, 6.07) is 6.80. The predicted molar refractivity (Wildman–Crippen MR) is 66.4 cm³/mol. The van der Waals surface area contributed by atoms with Gasteiger partial charge in [0, 0.05) is 0 Å². The summed E-state index contributed by atoms with van der Waals surface area (Å²) in [6.07, 6.45) is 0. The van der Waals surface area contributed by atoms with Crippen LogP contribution in [0.15, 0.2) is 35.7 Å². The highest BCUT2D eigenvalue weighted by molar-refractivity contribution is 7.10. The van der Waals surface area contributed by atoms with Crippen molar-refractivity contribution in [1.29, 1.82) is 0 Å². The van der Waals surface area contributed by atoms with Crippen molar-refractivity contribution in [3.63, 3.8) is 0 Å². The third-order valence-electron chi connectivity index (χ3n) is 2.74. The molecule has 5 heteroatoms. The van der Waals surface area contributed by atoms with Crippen LogP contribution in [0.1, 0.15) is 27.7 Å². The lowest BCUT2D eigenvalue weighted by molar-refractivity contribution is 0.0674. The minimum Gasteiger partial charge on any atom is -0.478 e. The molecule has 0 aliphatic heterocycles.